The van der Waals surface area contributed by atoms with Gasteiger partial charge in [-0.05, 0) is 43.2 Å². The number of halogens is 1. The number of nitrogens with zero attached hydrogens (tertiary/aromatic N) is 3. The van der Waals surface area contributed by atoms with Crippen LogP contribution in [0.25, 0.3) is 10.4 Å². The zero-order valence-corrected chi connectivity index (χ0v) is 19.6. The molecule has 1 unspecified atom stereocenters. The van der Waals surface area contributed by atoms with Gasteiger partial charge in [-0.2, -0.15) is 5.01 Å². The number of benzene rings is 1. The average molecular weight is 474 g/mol. The zero-order valence-electron chi connectivity index (χ0n) is 18.8. The number of carbonyl (C=O) groups is 3. The van der Waals surface area contributed by atoms with E-state index in [9.17, 15) is 18.8 Å². The number of urea groups is 1. The summed E-state index contributed by atoms with van der Waals surface area (Å²) < 4.78 is 13.5. The fourth-order valence-corrected chi connectivity index (χ4v) is 5.02. The van der Waals surface area contributed by atoms with Crippen LogP contribution >= 0.6 is 11.3 Å². The average Bonchev–Trinajstić information content (AvgIpc) is 3.34. The molecular weight excluding hydrogens is 445 g/mol. The highest BCUT2D eigenvalue weighted by atomic mass is 32.1. The van der Waals surface area contributed by atoms with Crippen molar-refractivity contribution in [3.8, 4) is 10.4 Å². The largest absolute Gasteiger partial charge is 0.344 e. The second-order valence-corrected chi connectivity index (χ2v) is 9.79. The Kier molecular flexibility index (Phi) is 6.78. The Morgan fingerprint density at radius 3 is 2.55 bits per heavy atom. The highest BCUT2D eigenvalue weighted by molar-refractivity contribution is 7.15. The molecule has 1 aromatic carbocycles. The summed E-state index contributed by atoms with van der Waals surface area (Å²) in [7, 11) is 0. The molecule has 0 aliphatic carbocycles. The zero-order chi connectivity index (χ0) is 23.6. The number of piperazine rings is 1. The van der Waals surface area contributed by atoms with Gasteiger partial charge in [0, 0.05) is 42.5 Å². The molecule has 2 aliphatic heterocycles. The Labute approximate surface area is 196 Å². The number of hydrogen-bond acceptors (Lipinski definition) is 6. The molecule has 4 amide bonds. The van der Waals surface area contributed by atoms with Crippen LogP contribution < -0.4 is 10.7 Å². The molecule has 8 nitrogen and oxygen atoms in total. The molecule has 0 radical (unpaired) electrons. The van der Waals surface area contributed by atoms with Crippen molar-refractivity contribution >= 4 is 29.2 Å². The molecule has 1 atom stereocenters. The van der Waals surface area contributed by atoms with Crippen molar-refractivity contribution in [2.75, 3.05) is 32.7 Å². The molecule has 33 heavy (non-hydrogen) atoms. The number of thiophene rings is 1. The van der Waals surface area contributed by atoms with Gasteiger partial charge < -0.3 is 5.32 Å². The minimum absolute atomic E-state index is 0.121. The first kappa shape index (κ1) is 23.3. The Morgan fingerprint density at radius 2 is 1.88 bits per heavy atom. The first-order valence-corrected chi connectivity index (χ1v) is 11.8. The topological polar surface area (TPSA) is 85.0 Å². The summed E-state index contributed by atoms with van der Waals surface area (Å²) in [4.78, 5) is 43.5. The van der Waals surface area contributed by atoms with E-state index in [1.807, 2.05) is 24.0 Å². The molecule has 176 valence electrons. The third-order valence-corrected chi connectivity index (χ3v) is 7.31. The van der Waals surface area contributed by atoms with E-state index in [-0.39, 0.29) is 18.3 Å². The second kappa shape index (κ2) is 9.58. The van der Waals surface area contributed by atoms with Gasteiger partial charge >= 0.3 is 6.03 Å². The van der Waals surface area contributed by atoms with Crippen molar-refractivity contribution in [2.24, 2.45) is 0 Å². The highest BCUT2D eigenvalue weighted by Crippen LogP contribution is 2.29. The van der Waals surface area contributed by atoms with Crippen molar-refractivity contribution < 1.29 is 18.8 Å². The number of hydrazine groups is 1. The van der Waals surface area contributed by atoms with E-state index in [2.05, 4.69) is 21.7 Å². The van der Waals surface area contributed by atoms with Gasteiger partial charge in [0.2, 0.25) is 0 Å². The molecular formula is C23H28FN5O3S. The van der Waals surface area contributed by atoms with Crippen LogP contribution in [-0.2, 0) is 16.1 Å². The Bertz CT molecular complexity index is 1050. The smallest absolute Gasteiger partial charge is 0.322 e. The number of carbonyl (C=O) groups excluding carboxylic acids is 3. The van der Waals surface area contributed by atoms with E-state index in [1.165, 1.54) is 10.9 Å². The van der Waals surface area contributed by atoms with E-state index < -0.39 is 17.5 Å². The van der Waals surface area contributed by atoms with Gasteiger partial charge in [0.25, 0.3) is 11.8 Å². The molecule has 2 aliphatic rings. The van der Waals surface area contributed by atoms with Gasteiger partial charge in [-0.15, -0.1) is 11.3 Å². The van der Waals surface area contributed by atoms with Crippen LogP contribution in [0.4, 0.5) is 9.18 Å². The van der Waals surface area contributed by atoms with Crippen LogP contribution in [0.5, 0.6) is 0 Å². The fourth-order valence-electron chi connectivity index (χ4n) is 3.97. The van der Waals surface area contributed by atoms with E-state index in [1.54, 1.807) is 30.4 Å². The molecule has 0 saturated carbocycles. The molecule has 1 aromatic heterocycles. The number of imide groups is 1. The summed E-state index contributed by atoms with van der Waals surface area (Å²) in [6.45, 7) is 7.41. The van der Waals surface area contributed by atoms with E-state index in [0.29, 0.717) is 19.5 Å². The van der Waals surface area contributed by atoms with Crippen molar-refractivity contribution in [2.45, 2.75) is 32.4 Å². The van der Waals surface area contributed by atoms with Gasteiger partial charge in [0.05, 0.1) is 6.54 Å². The third kappa shape index (κ3) is 5.23. The molecule has 2 saturated heterocycles. The second-order valence-electron chi connectivity index (χ2n) is 8.62. The number of amides is 4. The normalized spacial score (nSPS) is 22.0. The summed E-state index contributed by atoms with van der Waals surface area (Å²) in [6.07, 6.45) is 0.444. The van der Waals surface area contributed by atoms with E-state index in [4.69, 9.17) is 0 Å². The van der Waals surface area contributed by atoms with Crippen molar-refractivity contribution in [3.05, 3.63) is 47.1 Å². The summed E-state index contributed by atoms with van der Waals surface area (Å²) in [5.74, 6) is -1.07. The lowest BCUT2D eigenvalue weighted by Crippen LogP contribution is -2.53. The van der Waals surface area contributed by atoms with Gasteiger partial charge in [0.1, 0.15) is 11.4 Å². The molecule has 0 spiro atoms. The van der Waals surface area contributed by atoms with Crippen LogP contribution in [0.3, 0.4) is 0 Å². The minimum atomic E-state index is -0.980. The Balaban J connectivity index is 1.24. The Morgan fingerprint density at radius 1 is 1.15 bits per heavy atom. The van der Waals surface area contributed by atoms with Gasteiger partial charge in [-0.25, -0.2) is 9.18 Å². The first-order chi connectivity index (χ1) is 15.8. The van der Waals surface area contributed by atoms with Gasteiger partial charge in [-0.1, -0.05) is 19.1 Å². The van der Waals surface area contributed by atoms with Crippen LogP contribution in [0.15, 0.2) is 36.4 Å². The summed E-state index contributed by atoms with van der Waals surface area (Å²) in [6, 6.07) is 10.1. The SMILES string of the molecule is CCC1(C)NC(=O)N(NC(=O)CN2CCN(Cc3ccc(-c4cccc(F)c4)s3)CC2)C1=O. The summed E-state index contributed by atoms with van der Waals surface area (Å²) >= 11 is 1.66. The maximum absolute atomic E-state index is 13.5. The maximum atomic E-state index is 13.5. The van der Waals surface area contributed by atoms with Gasteiger partial charge in [-0.3, -0.25) is 24.8 Å². The minimum Gasteiger partial charge on any atom is -0.322 e. The molecule has 10 heteroatoms. The first-order valence-electron chi connectivity index (χ1n) is 11.0. The standard InChI is InChI=1S/C23H28FN5O3S/c1-3-23(2)21(31)29(22(32)25-23)26-20(30)15-28-11-9-27(10-12-28)14-18-7-8-19(33-18)16-5-4-6-17(24)13-16/h4-8,13H,3,9-12,14-15H2,1-2H3,(H,25,32)(H,26,30). The maximum Gasteiger partial charge on any atom is 0.344 e. The number of nitrogens with one attached hydrogen (secondary N) is 2. The molecule has 0 bridgehead atoms. The van der Waals surface area contributed by atoms with Crippen LogP contribution in [0.1, 0.15) is 25.1 Å². The van der Waals surface area contributed by atoms with E-state index >= 15 is 0 Å². The van der Waals surface area contributed by atoms with Crippen molar-refractivity contribution in [1.82, 2.24) is 25.6 Å². The van der Waals surface area contributed by atoms with Crippen LogP contribution in [-0.4, -0.2) is 70.9 Å². The Hall–Kier alpha value is -2.82. The lowest BCUT2D eigenvalue weighted by Gasteiger charge is -2.34. The quantitative estimate of drug-likeness (QED) is 0.604. The van der Waals surface area contributed by atoms with Gasteiger partial charge in [0.15, 0.2) is 0 Å². The number of rotatable bonds is 7. The lowest BCUT2D eigenvalue weighted by atomic mass is 10.00. The van der Waals surface area contributed by atoms with Crippen molar-refractivity contribution in [3.63, 3.8) is 0 Å². The molecule has 2 aromatic rings. The monoisotopic (exact) mass is 473 g/mol. The summed E-state index contributed by atoms with van der Waals surface area (Å²) in [5.41, 5.74) is 2.34. The lowest BCUT2D eigenvalue weighted by molar-refractivity contribution is -0.139. The van der Waals surface area contributed by atoms with E-state index in [0.717, 1.165) is 35.1 Å². The fraction of sp³-hybridized carbons (Fsp3) is 0.435. The predicted octanol–water partition coefficient (Wildman–Crippen LogP) is 2.42. The molecule has 2 fully saturated rings. The van der Waals surface area contributed by atoms with Crippen LogP contribution in [0.2, 0.25) is 0 Å². The highest BCUT2D eigenvalue weighted by Gasteiger charge is 2.47. The molecule has 4 rings (SSSR count). The van der Waals surface area contributed by atoms with Crippen LogP contribution in [0, 0.1) is 5.82 Å². The molecule has 2 N–H and O–H groups in total. The summed E-state index contributed by atoms with van der Waals surface area (Å²) in [5, 5.41) is 3.40. The molecule has 3 heterocycles. The number of hydrogen-bond donors (Lipinski definition) is 2. The predicted molar refractivity (Wildman–Crippen MR) is 124 cm³/mol. The van der Waals surface area contributed by atoms with Crippen molar-refractivity contribution in [1.29, 1.82) is 0 Å². The third-order valence-electron chi connectivity index (χ3n) is 6.19.